The minimum atomic E-state index is 0.0236. The number of ketones is 1. The number of rotatable bonds is 7. The van der Waals surface area contributed by atoms with E-state index in [4.69, 9.17) is 0 Å². The molecule has 6 nitrogen and oxygen atoms in total. The molecule has 1 amide bonds. The highest BCUT2D eigenvalue weighted by Crippen LogP contribution is 2.24. The highest BCUT2D eigenvalue weighted by atomic mass is 16.2. The van der Waals surface area contributed by atoms with Gasteiger partial charge in [-0.15, -0.1) is 0 Å². The van der Waals surface area contributed by atoms with Crippen molar-refractivity contribution >= 4 is 22.7 Å². The van der Waals surface area contributed by atoms with E-state index in [2.05, 4.69) is 27.0 Å². The number of carbonyl (C=O) groups is 2. The number of imidazole rings is 1. The number of aromatic amines is 1. The number of fused-ring (bicyclic) bond motifs is 1. The van der Waals surface area contributed by atoms with E-state index in [9.17, 15) is 9.59 Å². The van der Waals surface area contributed by atoms with Crippen LogP contribution in [0.4, 0.5) is 0 Å². The molecule has 0 radical (unpaired) electrons. The molecule has 0 bridgehead atoms. The van der Waals surface area contributed by atoms with Gasteiger partial charge in [-0.1, -0.05) is 42.5 Å². The average Bonchev–Trinajstić information content (AvgIpc) is 3.42. The lowest BCUT2D eigenvalue weighted by molar-refractivity contribution is -0.131. The largest absolute Gasteiger partial charge is 0.341 e. The quantitative estimate of drug-likeness (QED) is 0.582. The number of carbonyl (C=O) groups excluding carboxylic acids is 2. The SMILES string of the molecule is O=C(c1nc2ccccc2[nH]1)C1CCN(CCN2CCC(Cc3ccccc3)C2=O)CC1. The van der Waals surface area contributed by atoms with Gasteiger partial charge in [0.15, 0.2) is 5.82 Å². The molecule has 3 heterocycles. The monoisotopic (exact) mass is 430 g/mol. The van der Waals surface area contributed by atoms with Gasteiger partial charge in [-0.25, -0.2) is 4.98 Å². The summed E-state index contributed by atoms with van der Waals surface area (Å²) < 4.78 is 0. The number of aromatic nitrogens is 2. The van der Waals surface area contributed by atoms with Gasteiger partial charge in [0.05, 0.1) is 11.0 Å². The van der Waals surface area contributed by atoms with Crippen LogP contribution in [0.15, 0.2) is 54.6 Å². The Bertz CT molecular complexity index is 1050. The van der Waals surface area contributed by atoms with Gasteiger partial charge in [0.25, 0.3) is 0 Å². The number of H-pyrrole nitrogens is 1. The Morgan fingerprint density at radius 2 is 1.69 bits per heavy atom. The second-order valence-corrected chi connectivity index (χ2v) is 9.08. The van der Waals surface area contributed by atoms with Crippen molar-refractivity contribution in [3.8, 4) is 0 Å². The molecule has 1 aromatic heterocycles. The van der Waals surface area contributed by atoms with E-state index in [0.717, 1.165) is 69.4 Å². The maximum atomic E-state index is 12.9. The Balaban J connectivity index is 1.08. The minimum Gasteiger partial charge on any atom is -0.341 e. The Kier molecular flexibility index (Phi) is 6.04. The van der Waals surface area contributed by atoms with Crippen molar-refractivity contribution in [1.29, 1.82) is 0 Å². The molecule has 2 fully saturated rings. The maximum Gasteiger partial charge on any atom is 0.226 e. The van der Waals surface area contributed by atoms with Crippen LogP contribution < -0.4 is 0 Å². The van der Waals surface area contributed by atoms with Crippen LogP contribution in [-0.2, 0) is 11.2 Å². The van der Waals surface area contributed by atoms with Crippen LogP contribution in [0.25, 0.3) is 11.0 Å². The molecule has 2 aliphatic rings. The first-order chi connectivity index (χ1) is 15.7. The van der Waals surface area contributed by atoms with Gasteiger partial charge in [0.2, 0.25) is 11.7 Å². The highest BCUT2D eigenvalue weighted by Gasteiger charge is 2.32. The fourth-order valence-corrected chi connectivity index (χ4v) is 5.06. The molecule has 0 saturated carbocycles. The van der Waals surface area contributed by atoms with Gasteiger partial charge >= 0.3 is 0 Å². The zero-order valence-corrected chi connectivity index (χ0v) is 18.4. The maximum absolute atomic E-state index is 12.9. The van der Waals surface area contributed by atoms with Crippen molar-refractivity contribution < 1.29 is 9.59 Å². The van der Waals surface area contributed by atoms with Crippen LogP contribution in [-0.4, -0.2) is 64.2 Å². The molecule has 0 aliphatic carbocycles. The summed E-state index contributed by atoms with van der Waals surface area (Å²) in [4.78, 5) is 37.8. The first kappa shape index (κ1) is 20.9. The van der Waals surface area contributed by atoms with E-state index in [1.54, 1.807) is 0 Å². The Labute approximate surface area is 188 Å². The lowest BCUT2D eigenvalue weighted by Crippen LogP contribution is -2.41. The summed E-state index contributed by atoms with van der Waals surface area (Å²) in [5, 5.41) is 0. The summed E-state index contributed by atoms with van der Waals surface area (Å²) in [7, 11) is 0. The van der Waals surface area contributed by atoms with Crippen LogP contribution in [0.5, 0.6) is 0 Å². The number of likely N-dealkylation sites (tertiary alicyclic amines) is 2. The van der Waals surface area contributed by atoms with E-state index >= 15 is 0 Å². The number of nitrogens with one attached hydrogen (secondary N) is 1. The second kappa shape index (κ2) is 9.25. The zero-order chi connectivity index (χ0) is 21.9. The average molecular weight is 431 g/mol. The third-order valence-electron chi connectivity index (χ3n) is 7.00. The van der Waals surface area contributed by atoms with Gasteiger partial charge < -0.3 is 14.8 Å². The van der Waals surface area contributed by atoms with Crippen LogP contribution in [0.1, 0.15) is 35.4 Å². The van der Waals surface area contributed by atoms with Crippen LogP contribution in [0, 0.1) is 11.8 Å². The summed E-state index contributed by atoms with van der Waals surface area (Å²) in [5.74, 6) is 1.04. The number of hydrogen-bond acceptors (Lipinski definition) is 4. The molecule has 6 heteroatoms. The van der Waals surface area contributed by atoms with E-state index in [0.29, 0.717) is 11.7 Å². The Morgan fingerprint density at radius 1 is 0.938 bits per heavy atom. The van der Waals surface area contributed by atoms with Crippen LogP contribution in [0.3, 0.4) is 0 Å². The fourth-order valence-electron chi connectivity index (χ4n) is 5.06. The summed E-state index contributed by atoms with van der Waals surface area (Å²) in [6, 6.07) is 18.1. The summed E-state index contributed by atoms with van der Waals surface area (Å²) >= 11 is 0. The Hall–Kier alpha value is -2.99. The number of benzene rings is 2. The van der Waals surface area contributed by atoms with Crippen molar-refractivity contribution in [1.82, 2.24) is 19.8 Å². The zero-order valence-electron chi connectivity index (χ0n) is 18.4. The number of hydrogen-bond donors (Lipinski definition) is 1. The van der Waals surface area contributed by atoms with Gasteiger partial charge in [-0.2, -0.15) is 0 Å². The topological polar surface area (TPSA) is 69.3 Å². The molecule has 1 N–H and O–H groups in total. The van der Waals surface area contributed by atoms with Crippen molar-refractivity contribution in [3.05, 3.63) is 66.0 Å². The van der Waals surface area contributed by atoms with Gasteiger partial charge in [-0.05, 0) is 56.5 Å². The highest BCUT2D eigenvalue weighted by molar-refractivity contribution is 5.97. The summed E-state index contributed by atoms with van der Waals surface area (Å²) in [6.45, 7) is 4.32. The van der Waals surface area contributed by atoms with E-state index < -0.39 is 0 Å². The molecule has 0 spiro atoms. The molecule has 2 saturated heterocycles. The fraction of sp³-hybridized carbons (Fsp3) is 0.423. The van der Waals surface area contributed by atoms with Crippen LogP contribution >= 0.6 is 0 Å². The second-order valence-electron chi connectivity index (χ2n) is 9.08. The standard InChI is InChI=1S/C26H30N4O2/c31-24(25-27-22-8-4-5-9-23(22)28-25)20-10-13-29(14-11-20)16-17-30-15-12-21(26(30)32)18-19-6-2-1-3-7-19/h1-9,20-21H,10-18H2,(H,27,28). The number of nitrogens with zero attached hydrogens (tertiary/aromatic N) is 3. The molecule has 2 aromatic carbocycles. The van der Waals surface area contributed by atoms with E-state index in [-0.39, 0.29) is 17.6 Å². The first-order valence-electron chi connectivity index (χ1n) is 11.7. The molecule has 32 heavy (non-hydrogen) atoms. The van der Waals surface area contributed by atoms with Crippen LogP contribution in [0.2, 0.25) is 0 Å². The Morgan fingerprint density at radius 3 is 2.47 bits per heavy atom. The third kappa shape index (κ3) is 4.46. The third-order valence-corrected chi connectivity index (χ3v) is 7.00. The smallest absolute Gasteiger partial charge is 0.226 e. The lowest BCUT2D eigenvalue weighted by Gasteiger charge is -2.32. The number of piperidine rings is 1. The predicted octanol–water partition coefficient (Wildman–Crippen LogP) is 3.55. The van der Waals surface area contributed by atoms with Crippen molar-refractivity contribution in [2.75, 3.05) is 32.7 Å². The summed E-state index contributed by atoms with van der Waals surface area (Å²) in [6.07, 6.45) is 3.48. The molecule has 1 atom stereocenters. The lowest BCUT2D eigenvalue weighted by atomic mass is 9.92. The predicted molar refractivity (Wildman–Crippen MR) is 124 cm³/mol. The number of Topliss-reactive ketones (excluding diaryl/α,β-unsaturated/α-hetero) is 1. The van der Waals surface area contributed by atoms with E-state index in [1.807, 2.05) is 47.4 Å². The number of amides is 1. The van der Waals surface area contributed by atoms with Crippen molar-refractivity contribution in [3.63, 3.8) is 0 Å². The van der Waals surface area contributed by atoms with Gasteiger partial charge in [-0.3, -0.25) is 9.59 Å². The minimum absolute atomic E-state index is 0.0236. The molecule has 1 unspecified atom stereocenters. The van der Waals surface area contributed by atoms with Crippen molar-refractivity contribution in [2.24, 2.45) is 11.8 Å². The van der Waals surface area contributed by atoms with E-state index in [1.165, 1.54) is 5.56 Å². The molecular formula is C26H30N4O2. The molecule has 3 aromatic rings. The molecule has 166 valence electrons. The normalized spacial score (nSPS) is 20.3. The molecule has 5 rings (SSSR count). The molecule has 2 aliphatic heterocycles. The van der Waals surface area contributed by atoms with Crippen molar-refractivity contribution in [2.45, 2.75) is 25.7 Å². The van der Waals surface area contributed by atoms with Gasteiger partial charge in [0.1, 0.15) is 0 Å². The van der Waals surface area contributed by atoms with Gasteiger partial charge in [0, 0.05) is 31.5 Å². The summed E-state index contributed by atoms with van der Waals surface area (Å²) in [5.41, 5.74) is 2.99. The molecular weight excluding hydrogens is 400 g/mol. The number of para-hydroxylation sites is 2. The first-order valence-corrected chi connectivity index (χ1v) is 11.7.